The van der Waals surface area contributed by atoms with Crippen LogP contribution >= 0.6 is 11.3 Å². The zero-order chi connectivity index (χ0) is 39.8. The van der Waals surface area contributed by atoms with E-state index in [1.165, 1.54) is 11.3 Å². The molecule has 7 rings (SSSR count). The summed E-state index contributed by atoms with van der Waals surface area (Å²) in [4.78, 5) is 4.99. The van der Waals surface area contributed by atoms with Crippen LogP contribution in [0.5, 0.6) is 0 Å². The number of rotatable bonds is 16. The van der Waals surface area contributed by atoms with E-state index < -0.39 is 19.7 Å². The van der Waals surface area contributed by atoms with Crippen LogP contribution < -0.4 is 9.80 Å². The maximum Gasteiger partial charge on any atom is 0.181 e. The number of thiophene rings is 1. The predicted molar refractivity (Wildman–Crippen MR) is 238 cm³/mol. The van der Waals surface area contributed by atoms with Crippen LogP contribution in [-0.4, -0.2) is 28.3 Å². The molecule has 6 nitrogen and oxygen atoms in total. The highest BCUT2D eigenvalue weighted by atomic mass is 32.2. The van der Waals surface area contributed by atoms with Gasteiger partial charge < -0.3 is 9.80 Å². The van der Waals surface area contributed by atoms with Crippen LogP contribution in [0.3, 0.4) is 0 Å². The Labute approximate surface area is 341 Å². The first-order valence-electron chi connectivity index (χ1n) is 19.4. The van der Waals surface area contributed by atoms with Gasteiger partial charge in [0.15, 0.2) is 19.7 Å². The molecular formula is C48H46N2O4S3. The Kier molecular flexibility index (Phi) is 12.4. The molecule has 0 aliphatic heterocycles. The summed E-state index contributed by atoms with van der Waals surface area (Å²) in [6.07, 6.45) is 2.17. The van der Waals surface area contributed by atoms with Crippen LogP contribution in [-0.2, 0) is 19.7 Å². The van der Waals surface area contributed by atoms with E-state index in [9.17, 15) is 16.8 Å². The van der Waals surface area contributed by atoms with Gasteiger partial charge in [-0.15, -0.1) is 11.3 Å². The van der Waals surface area contributed by atoms with E-state index in [0.29, 0.717) is 46.6 Å². The minimum Gasteiger partial charge on any atom is -0.311 e. The molecule has 0 N–H and O–H groups in total. The summed E-state index contributed by atoms with van der Waals surface area (Å²) in [5.74, 6) is -0.280. The topological polar surface area (TPSA) is 74.8 Å². The Hall–Kier alpha value is -5.48. The third-order valence-electron chi connectivity index (χ3n) is 9.81. The molecule has 0 aliphatic carbocycles. The molecule has 0 aliphatic rings. The third kappa shape index (κ3) is 8.76. The van der Waals surface area contributed by atoms with Crippen LogP contribution in [0.25, 0.3) is 20.9 Å². The molecular weight excluding hydrogens is 765 g/mol. The van der Waals surface area contributed by atoms with Gasteiger partial charge in [-0.25, -0.2) is 16.8 Å². The molecule has 0 unspecified atom stereocenters. The van der Waals surface area contributed by atoms with Crippen molar-refractivity contribution in [3.63, 3.8) is 0 Å². The van der Waals surface area contributed by atoms with Gasteiger partial charge in [-0.1, -0.05) is 124 Å². The SMILES string of the molecule is CCCCS(=O)(=O)c1c(-c2ccc(N(c3ccccc3)c3ccccc3)cc2)sc(-c2ccc(N(c3ccccc3)c3ccccc3)cc2)c1S(=O)(=O)CCCC. The van der Waals surface area contributed by atoms with Crippen molar-refractivity contribution in [1.82, 2.24) is 0 Å². The molecule has 0 spiro atoms. The number of benzene rings is 6. The van der Waals surface area contributed by atoms with Crippen molar-refractivity contribution < 1.29 is 16.8 Å². The zero-order valence-electron chi connectivity index (χ0n) is 32.2. The van der Waals surface area contributed by atoms with E-state index in [2.05, 4.69) is 9.80 Å². The highest BCUT2D eigenvalue weighted by molar-refractivity contribution is 7.95. The summed E-state index contributed by atoms with van der Waals surface area (Å²) in [7, 11) is -8.04. The second-order valence-corrected chi connectivity index (χ2v) is 19.0. The smallest absolute Gasteiger partial charge is 0.181 e. The molecule has 6 aromatic carbocycles. The van der Waals surface area contributed by atoms with Crippen molar-refractivity contribution in [2.75, 3.05) is 21.3 Å². The average molecular weight is 811 g/mol. The second kappa shape index (κ2) is 17.8. The van der Waals surface area contributed by atoms with Crippen molar-refractivity contribution in [2.45, 2.75) is 49.3 Å². The minimum atomic E-state index is -4.02. The normalized spacial score (nSPS) is 11.7. The average Bonchev–Trinajstić information content (AvgIpc) is 3.68. The van der Waals surface area contributed by atoms with Crippen molar-refractivity contribution in [1.29, 1.82) is 0 Å². The number of hydrogen-bond acceptors (Lipinski definition) is 7. The Morgan fingerprint density at radius 3 is 0.912 bits per heavy atom. The van der Waals surface area contributed by atoms with E-state index in [1.807, 2.05) is 184 Å². The zero-order valence-corrected chi connectivity index (χ0v) is 34.6. The van der Waals surface area contributed by atoms with Gasteiger partial charge in [-0.2, -0.15) is 0 Å². The molecule has 1 aromatic heterocycles. The van der Waals surface area contributed by atoms with E-state index in [-0.39, 0.29) is 21.3 Å². The van der Waals surface area contributed by atoms with E-state index in [4.69, 9.17) is 0 Å². The molecule has 290 valence electrons. The minimum absolute atomic E-state index is 0.0814. The number of nitrogens with zero attached hydrogens (tertiary/aromatic N) is 2. The van der Waals surface area contributed by atoms with Gasteiger partial charge in [0.05, 0.1) is 21.3 Å². The predicted octanol–water partition coefficient (Wildman–Crippen LogP) is 13.2. The summed E-state index contributed by atoms with van der Waals surface area (Å²) in [6, 6.07) is 55.7. The lowest BCUT2D eigenvalue weighted by Crippen LogP contribution is -2.15. The van der Waals surface area contributed by atoms with Gasteiger partial charge in [-0.3, -0.25) is 0 Å². The van der Waals surface area contributed by atoms with Gasteiger partial charge in [0.1, 0.15) is 9.79 Å². The maximum atomic E-state index is 14.5. The van der Waals surface area contributed by atoms with Crippen LogP contribution in [0, 0.1) is 0 Å². The fourth-order valence-electron chi connectivity index (χ4n) is 6.95. The molecule has 0 atom stereocenters. The molecule has 0 amide bonds. The second-order valence-electron chi connectivity index (χ2n) is 13.9. The Bertz CT molecular complexity index is 2330. The first kappa shape index (κ1) is 39.7. The summed E-state index contributed by atoms with van der Waals surface area (Å²) in [5, 5.41) is 0. The molecule has 0 fully saturated rings. The van der Waals surface area contributed by atoms with Crippen LogP contribution in [0.15, 0.2) is 180 Å². The van der Waals surface area contributed by atoms with Crippen molar-refractivity contribution >= 4 is 65.1 Å². The Morgan fingerprint density at radius 2 is 0.649 bits per heavy atom. The summed E-state index contributed by atoms with van der Waals surface area (Å²) in [6.45, 7) is 3.88. The largest absolute Gasteiger partial charge is 0.311 e. The fraction of sp³-hybridized carbons (Fsp3) is 0.167. The van der Waals surface area contributed by atoms with Crippen molar-refractivity contribution in [3.05, 3.63) is 170 Å². The molecule has 57 heavy (non-hydrogen) atoms. The molecule has 7 aromatic rings. The monoisotopic (exact) mass is 810 g/mol. The highest BCUT2D eigenvalue weighted by Gasteiger charge is 2.36. The quantitative estimate of drug-likeness (QED) is 0.0968. The number of anilines is 6. The van der Waals surface area contributed by atoms with Crippen molar-refractivity contribution in [3.8, 4) is 20.9 Å². The molecule has 0 saturated carbocycles. The lowest BCUT2D eigenvalue weighted by Gasteiger charge is -2.25. The van der Waals surface area contributed by atoms with Crippen LogP contribution in [0.1, 0.15) is 39.5 Å². The van der Waals surface area contributed by atoms with Crippen LogP contribution in [0.4, 0.5) is 34.1 Å². The van der Waals surface area contributed by atoms with Gasteiger partial charge in [0.2, 0.25) is 0 Å². The van der Waals surface area contributed by atoms with E-state index >= 15 is 0 Å². The highest BCUT2D eigenvalue weighted by Crippen LogP contribution is 2.49. The number of unbranched alkanes of at least 4 members (excludes halogenated alkanes) is 2. The first-order valence-corrected chi connectivity index (χ1v) is 23.5. The molecule has 9 heteroatoms. The summed E-state index contributed by atoms with van der Waals surface area (Å²) < 4.78 is 58.0. The van der Waals surface area contributed by atoms with Gasteiger partial charge in [0.25, 0.3) is 0 Å². The first-order chi connectivity index (χ1) is 27.7. The third-order valence-corrected chi connectivity index (χ3v) is 15.2. The Morgan fingerprint density at radius 1 is 0.386 bits per heavy atom. The summed E-state index contributed by atoms with van der Waals surface area (Å²) >= 11 is 1.24. The van der Waals surface area contributed by atoms with Crippen molar-refractivity contribution in [2.24, 2.45) is 0 Å². The fourth-order valence-corrected chi connectivity index (χ4v) is 13.3. The molecule has 0 saturated heterocycles. The van der Waals surface area contributed by atoms with Gasteiger partial charge in [-0.05, 0) is 96.8 Å². The standard InChI is InChI=1S/C48H46N2O4S3/c1-3-5-35-56(51,52)47-45(37-27-31-43(32-28-37)49(39-19-11-7-12-20-39)40-21-13-8-14-22-40)55-46(48(47)57(53,54)36-6-4-2)38-29-33-44(34-30-38)50(41-23-15-9-16-24-41)42-25-17-10-18-26-42/h7-34H,3-6,35-36H2,1-2H3. The van der Waals surface area contributed by atoms with Gasteiger partial charge in [0, 0.05) is 34.1 Å². The van der Waals surface area contributed by atoms with Crippen LogP contribution in [0.2, 0.25) is 0 Å². The maximum absolute atomic E-state index is 14.5. The number of hydrogen-bond donors (Lipinski definition) is 0. The molecule has 0 bridgehead atoms. The lowest BCUT2D eigenvalue weighted by atomic mass is 10.1. The molecule has 0 radical (unpaired) electrons. The number of sulfone groups is 2. The molecule has 1 heterocycles. The lowest BCUT2D eigenvalue weighted by molar-refractivity contribution is 0.581. The number of para-hydroxylation sites is 4. The van der Waals surface area contributed by atoms with E-state index in [1.54, 1.807) is 0 Å². The summed E-state index contributed by atoms with van der Waals surface area (Å²) in [5.41, 5.74) is 6.97. The van der Waals surface area contributed by atoms with E-state index in [0.717, 1.165) is 34.1 Å². The van der Waals surface area contributed by atoms with Gasteiger partial charge >= 0.3 is 0 Å². The Balaban J connectivity index is 1.40.